The highest BCUT2D eigenvalue weighted by atomic mass is 32.1. The number of hydrogen-bond acceptors (Lipinski definition) is 10. The topological polar surface area (TPSA) is 221 Å². The van der Waals surface area contributed by atoms with E-state index in [1.165, 1.54) is 11.8 Å². The molecular formula is C38H51N7O8S2. The highest BCUT2D eigenvalue weighted by Gasteiger charge is 2.41. The van der Waals surface area contributed by atoms with Gasteiger partial charge in [-0.2, -0.15) is 0 Å². The number of thiocarbonyl (C=S) groups is 2. The van der Waals surface area contributed by atoms with Gasteiger partial charge in [0.05, 0.1) is 41.4 Å². The Labute approximate surface area is 331 Å². The first-order chi connectivity index (χ1) is 26.2. The summed E-state index contributed by atoms with van der Waals surface area (Å²) in [5.74, 6) is -3.80. The van der Waals surface area contributed by atoms with Crippen LogP contribution < -0.4 is 31.9 Å². The van der Waals surface area contributed by atoms with E-state index in [2.05, 4.69) is 31.9 Å². The predicted molar refractivity (Wildman–Crippen MR) is 212 cm³/mol. The minimum Gasteiger partial charge on any atom is -0.394 e. The number of fused-ring (bicyclic) bond motifs is 1. The highest BCUT2D eigenvalue weighted by Crippen LogP contribution is 2.21. The van der Waals surface area contributed by atoms with Crippen LogP contribution in [-0.4, -0.2) is 128 Å². The highest BCUT2D eigenvalue weighted by molar-refractivity contribution is 7.80. The maximum absolute atomic E-state index is 14.3. The van der Waals surface area contributed by atoms with Crippen molar-refractivity contribution in [3.8, 4) is 0 Å². The van der Waals surface area contributed by atoms with Gasteiger partial charge in [0.1, 0.15) is 30.2 Å². The molecule has 0 aliphatic carbocycles. The molecule has 0 bridgehead atoms. The van der Waals surface area contributed by atoms with Gasteiger partial charge in [-0.05, 0) is 43.2 Å². The molecule has 2 saturated heterocycles. The van der Waals surface area contributed by atoms with E-state index in [0.717, 1.165) is 11.1 Å². The number of aliphatic hydroxyl groups is 3. The number of aliphatic hydroxyl groups excluding tert-OH is 3. The molecule has 0 saturated carbocycles. The van der Waals surface area contributed by atoms with Gasteiger partial charge in [0.15, 0.2) is 0 Å². The maximum Gasteiger partial charge on any atom is 0.246 e. The molecule has 55 heavy (non-hydrogen) atoms. The van der Waals surface area contributed by atoms with E-state index < -0.39 is 91.1 Å². The van der Waals surface area contributed by atoms with Gasteiger partial charge in [-0.25, -0.2) is 0 Å². The molecule has 0 radical (unpaired) electrons. The number of rotatable bonds is 8. The molecule has 17 heteroatoms. The van der Waals surface area contributed by atoms with Gasteiger partial charge >= 0.3 is 0 Å². The molecule has 0 spiro atoms. The second-order valence-corrected chi connectivity index (χ2v) is 15.0. The van der Waals surface area contributed by atoms with E-state index in [4.69, 9.17) is 24.4 Å². The Morgan fingerprint density at radius 3 is 1.64 bits per heavy atom. The number of hydrogen-bond donors (Lipinski definition) is 9. The molecule has 0 unspecified atom stereocenters. The lowest BCUT2D eigenvalue weighted by atomic mass is 10.0. The van der Waals surface area contributed by atoms with Crippen LogP contribution in [0.25, 0.3) is 0 Å². The molecule has 15 nitrogen and oxygen atoms in total. The zero-order chi connectivity index (χ0) is 40.2. The van der Waals surface area contributed by atoms with Crippen molar-refractivity contribution < 1.29 is 39.3 Å². The molecule has 4 rings (SSSR count). The normalized spacial score (nSPS) is 27.1. The quantitative estimate of drug-likeness (QED) is 0.147. The van der Waals surface area contributed by atoms with Crippen LogP contribution in [0.2, 0.25) is 0 Å². The molecule has 298 valence electrons. The molecule has 2 heterocycles. The van der Waals surface area contributed by atoms with Gasteiger partial charge in [-0.3, -0.25) is 24.0 Å². The molecule has 5 amide bonds. The summed E-state index contributed by atoms with van der Waals surface area (Å²) in [5, 5.41) is 48.0. The van der Waals surface area contributed by atoms with E-state index in [1.54, 1.807) is 38.1 Å². The van der Waals surface area contributed by atoms with Crippen molar-refractivity contribution in [3.63, 3.8) is 0 Å². The maximum atomic E-state index is 14.3. The fraction of sp³-hybridized carbons (Fsp3) is 0.500. The van der Waals surface area contributed by atoms with Gasteiger partial charge in [-0.1, -0.05) is 98.9 Å². The number of benzene rings is 2. The first-order valence-corrected chi connectivity index (χ1v) is 19.2. The molecule has 2 aliphatic rings. The standard InChI is InChI=1S/C38H51N7O8S2/c1-21(2)30-37(55)42-28(20-47)32(49)39-25(17-23-11-6-4-7-12-23)36(54)41-27(19-46)33(50)40-26(18-24-13-8-5-9-14-24)38(53)45-16-10-15-29(45)34(51)44-31(22(3)48)35(52)43-30/h4-9,11-14,21-22,25-31,46-48H,10,15-20H2,1-3H3,(H,39,49)(H,40,50)(H,41,54)(H,42,55)(H,43,52)(H,44,51)/t22-,25+,26-,27-,28-,29-,30+,31-/m0/s1. The van der Waals surface area contributed by atoms with E-state index in [-0.39, 0.29) is 41.7 Å². The number of amides is 5. The van der Waals surface area contributed by atoms with Crippen LogP contribution in [-0.2, 0) is 36.8 Å². The number of nitrogens with zero attached hydrogens (tertiary/aromatic N) is 1. The SMILES string of the molecule is CC(C)[C@H]1NC(=O)[C@H]([C@H](C)O)NC(=O)[C@@H]2CCCN2C(=O)[C@H](Cc2ccccc2)NC(=O)[C@H](CO)NC(=S)[C@@H](Cc2ccccc2)NC(=O)[C@H](CO)NC1=S. The summed E-state index contributed by atoms with van der Waals surface area (Å²) < 4.78 is 0. The van der Waals surface area contributed by atoms with Crippen LogP contribution in [0.5, 0.6) is 0 Å². The van der Waals surface area contributed by atoms with Crippen LogP contribution in [0, 0.1) is 5.92 Å². The Morgan fingerprint density at radius 1 is 0.636 bits per heavy atom. The zero-order valence-corrected chi connectivity index (χ0v) is 32.7. The minimum atomic E-state index is -1.45. The molecule has 9 N–H and O–H groups in total. The number of carbonyl (C=O) groups is 5. The first-order valence-electron chi connectivity index (χ1n) is 18.3. The van der Waals surface area contributed by atoms with Crippen molar-refractivity contribution in [2.24, 2.45) is 5.92 Å². The summed E-state index contributed by atoms with van der Waals surface area (Å²) in [6.07, 6.45) is -0.414. The Hall–Kier alpha value is -4.55. The van der Waals surface area contributed by atoms with Gasteiger partial charge in [0, 0.05) is 13.0 Å². The largest absolute Gasteiger partial charge is 0.394 e. The molecule has 2 aliphatic heterocycles. The summed E-state index contributed by atoms with van der Waals surface area (Å²) in [6.45, 7) is 3.63. The molecular weight excluding hydrogens is 747 g/mol. The Kier molecular flexibility index (Phi) is 16.0. The third kappa shape index (κ3) is 11.7. The average molecular weight is 798 g/mol. The summed E-state index contributed by atoms with van der Waals surface area (Å²) in [5.41, 5.74) is 1.50. The van der Waals surface area contributed by atoms with Crippen molar-refractivity contribution >= 4 is 63.9 Å². The van der Waals surface area contributed by atoms with Gasteiger partial charge < -0.3 is 52.1 Å². The van der Waals surface area contributed by atoms with Crippen LogP contribution >= 0.6 is 24.4 Å². The molecule has 0 aromatic heterocycles. The zero-order valence-electron chi connectivity index (χ0n) is 31.1. The van der Waals surface area contributed by atoms with Crippen molar-refractivity contribution in [2.45, 2.75) is 94.9 Å². The van der Waals surface area contributed by atoms with Crippen LogP contribution in [0.4, 0.5) is 0 Å². The summed E-state index contributed by atoms with van der Waals surface area (Å²) >= 11 is 11.3. The third-order valence-electron chi connectivity index (χ3n) is 9.59. The minimum absolute atomic E-state index is 0.00439. The second-order valence-electron chi connectivity index (χ2n) is 14.1. The lowest BCUT2D eigenvalue weighted by Gasteiger charge is -2.32. The van der Waals surface area contributed by atoms with Crippen molar-refractivity contribution in [3.05, 3.63) is 71.8 Å². The lowest BCUT2D eigenvalue weighted by Crippen LogP contribution is -2.62. The van der Waals surface area contributed by atoms with Crippen molar-refractivity contribution in [2.75, 3.05) is 19.8 Å². The predicted octanol–water partition coefficient (Wildman–Crippen LogP) is -0.992. The summed E-state index contributed by atoms with van der Waals surface area (Å²) in [7, 11) is 0. The van der Waals surface area contributed by atoms with Gasteiger partial charge in [-0.15, -0.1) is 0 Å². The fourth-order valence-corrected chi connectivity index (χ4v) is 7.27. The molecule has 2 fully saturated rings. The van der Waals surface area contributed by atoms with Crippen LogP contribution in [0.1, 0.15) is 44.7 Å². The van der Waals surface area contributed by atoms with Gasteiger partial charge in [0.25, 0.3) is 0 Å². The second kappa shape index (κ2) is 20.4. The average Bonchev–Trinajstić information content (AvgIpc) is 3.66. The van der Waals surface area contributed by atoms with E-state index >= 15 is 0 Å². The first kappa shape index (κ1) is 43.2. The van der Waals surface area contributed by atoms with E-state index in [1.807, 2.05) is 36.4 Å². The number of nitrogens with one attached hydrogen (secondary N) is 6. The fourth-order valence-electron chi connectivity index (χ4n) is 6.51. The van der Waals surface area contributed by atoms with Crippen molar-refractivity contribution in [1.29, 1.82) is 0 Å². The van der Waals surface area contributed by atoms with Crippen molar-refractivity contribution in [1.82, 2.24) is 36.8 Å². The Balaban J connectivity index is 1.75. The van der Waals surface area contributed by atoms with Crippen LogP contribution in [0.15, 0.2) is 60.7 Å². The van der Waals surface area contributed by atoms with E-state index in [0.29, 0.717) is 6.42 Å². The monoisotopic (exact) mass is 797 g/mol. The molecule has 2 aromatic rings. The summed E-state index contributed by atoms with van der Waals surface area (Å²) in [4.78, 5) is 70.7. The Bertz CT molecular complexity index is 1680. The van der Waals surface area contributed by atoms with E-state index in [9.17, 15) is 39.3 Å². The third-order valence-corrected chi connectivity index (χ3v) is 10.4. The van der Waals surface area contributed by atoms with Gasteiger partial charge in [0.2, 0.25) is 29.5 Å². The lowest BCUT2D eigenvalue weighted by molar-refractivity contribution is -0.143. The Morgan fingerprint density at radius 2 is 1.13 bits per heavy atom. The molecule has 8 atom stereocenters. The molecule has 2 aromatic carbocycles. The van der Waals surface area contributed by atoms with Crippen LogP contribution in [0.3, 0.4) is 0 Å². The smallest absolute Gasteiger partial charge is 0.246 e. The number of carbonyl (C=O) groups excluding carboxylic acids is 5. The summed E-state index contributed by atoms with van der Waals surface area (Å²) in [6, 6.07) is 9.90.